The Balaban J connectivity index is 1.21. The largest absolute Gasteiger partial charge is 0.375 e. The van der Waals surface area contributed by atoms with E-state index in [1.54, 1.807) is 0 Å². The average molecular weight is 498 g/mol. The van der Waals surface area contributed by atoms with E-state index < -0.39 is 6.23 Å². The maximum atomic E-state index is 15.3. The number of rotatable bonds is 10. The van der Waals surface area contributed by atoms with Gasteiger partial charge in [-0.3, -0.25) is 5.32 Å². The number of unbranched alkanes of at least 4 members (excludes halogenated alkanes) is 2. The topological polar surface area (TPSA) is 32.3 Å². The zero-order valence-electron chi connectivity index (χ0n) is 23.1. The van der Waals surface area contributed by atoms with Crippen LogP contribution in [0.25, 0.3) is 0 Å². The molecular weight excluding hydrogens is 445 g/mol. The van der Waals surface area contributed by atoms with Gasteiger partial charge in [-0.2, -0.15) is 0 Å². The molecule has 0 radical (unpaired) electrons. The molecule has 1 aromatic carbocycles. The Labute approximate surface area is 220 Å². The Morgan fingerprint density at radius 3 is 2.11 bits per heavy atom. The smallest absolute Gasteiger partial charge is 0.126 e. The molecule has 36 heavy (non-hydrogen) atoms. The predicted octanol–water partition coefficient (Wildman–Crippen LogP) is 9.00. The van der Waals surface area contributed by atoms with Crippen molar-refractivity contribution in [1.29, 1.82) is 0 Å². The molecule has 2 N–H and O–H groups in total. The van der Waals surface area contributed by atoms with E-state index in [0.717, 1.165) is 54.6 Å². The first-order valence-electron chi connectivity index (χ1n) is 15.3. The fourth-order valence-corrected chi connectivity index (χ4v) is 7.62. The SMILES string of the molecule is C=C(C)C(O)NC1CCC(C2CCC(c3ccc(C4CCC(CCCCC)CC4)cc3F)CC2)CC1. The third-order valence-electron chi connectivity index (χ3n) is 10.1. The van der Waals surface area contributed by atoms with Gasteiger partial charge in [-0.1, -0.05) is 51.3 Å². The Morgan fingerprint density at radius 1 is 0.917 bits per heavy atom. The van der Waals surface area contributed by atoms with E-state index in [-0.39, 0.29) is 5.82 Å². The summed E-state index contributed by atoms with van der Waals surface area (Å²) in [6.45, 7) is 8.01. The zero-order chi connectivity index (χ0) is 25.5. The molecular formula is C33H52FNO. The number of hydrogen-bond donors (Lipinski definition) is 2. The van der Waals surface area contributed by atoms with Gasteiger partial charge in [0, 0.05) is 6.04 Å². The van der Waals surface area contributed by atoms with Crippen molar-refractivity contribution in [3.8, 4) is 0 Å². The van der Waals surface area contributed by atoms with Crippen LogP contribution in [0.15, 0.2) is 30.4 Å². The van der Waals surface area contributed by atoms with Crippen molar-refractivity contribution in [2.75, 3.05) is 0 Å². The quantitative estimate of drug-likeness (QED) is 0.192. The number of aliphatic hydroxyl groups excluding tert-OH is 1. The van der Waals surface area contributed by atoms with Crippen LogP contribution in [0.3, 0.4) is 0 Å². The van der Waals surface area contributed by atoms with E-state index in [4.69, 9.17) is 0 Å². The highest BCUT2D eigenvalue weighted by atomic mass is 19.1. The van der Waals surface area contributed by atoms with Crippen LogP contribution < -0.4 is 5.32 Å². The normalized spacial score (nSPS) is 32.2. The lowest BCUT2D eigenvalue weighted by Crippen LogP contribution is -2.41. The zero-order valence-corrected chi connectivity index (χ0v) is 23.1. The summed E-state index contributed by atoms with van der Waals surface area (Å²) in [7, 11) is 0. The third-order valence-corrected chi connectivity index (χ3v) is 10.1. The van der Waals surface area contributed by atoms with Gasteiger partial charge in [0.1, 0.15) is 12.0 Å². The van der Waals surface area contributed by atoms with Crippen molar-refractivity contribution in [2.45, 2.75) is 141 Å². The molecule has 0 amide bonds. The van der Waals surface area contributed by atoms with Gasteiger partial charge in [-0.05, 0) is 136 Å². The van der Waals surface area contributed by atoms with Crippen LogP contribution in [0.5, 0.6) is 0 Å². The molecule has 4 rings (SSSR count). The first-order chi connectivity index (χ1) is 17.4. The molecule has 0 bridgehead atoms. The van der Waals surface area contributed by atoms with Crippen molar-refractivity contribution in [1.82, 2.24) is 5.32 Å². The van der Waals surface area contributed by atoms with E-state index in [9.17, 15) is 5.11 Å². The molecule has 0 spiro atoms. The van der Waals surface area contributed by atoms with E-state index in [1.165, 1.54) is 82.6 Å². The lowest BCUT2D eigenvalue weighted by atomic mass is 9.69. The summed E-state index contributed by atoms with van der Waals surface area (Å²) in [6, 6.07) is 6.72. The molecule has 3 fully saturated rings. The Bertz CT molecular complexity index is 813. The molecule has 202 valence electrons. The molecule has 0 aliphatic heterocycles. The monoisotopic (exact) mass is 497 g/mol. The van der Waals surface area contributed by atoms with Crippen molar-refractivity contribution in [3.05, 3.63) is 47.3 Å². The summed E-state index contributed by atoms with van der Waals surface area (Å²) in [4.78, 5) is 0. The van der Waals surface area contributed by atoms with Gasteiger partial charge < -0.3 is 5.11 Å². The second-order valence-electron chi connectivity index (χ2n) is 12.6. The van der Waals surface area contributed by atoms with Crippen molar-refractivity contribution in [2.24, 2.45) is 17.8 Å². The average Bonchev–Trinajstić information content (AvgIpc) is 2.90. The molecule has 3 aliphatic carbocycles. The first kappa shape index (κ1) is 27.8. The van der Waals surface area contributed by atoms with Crippen LogP contribution in [-0.4, -0.2) is 17.4 Å². The summed E-state index contributed by atoms with van der Waals surface area (Å²) >= 11 is 0. The fraction of sp³-hybridized carbons (Fsp3) is 0.758. The maximum absolute atomic E-state index is 15.3. The molecule has 0 saturated heterocycles. The summed E-state index contributed by atoms with van der Waals surface area (Å²) < 4.78 is 15.3. The standard InChI is InChI=1S/C33H52FNO/c1-4-5-6-7-24-8-10-27(11-9-24)29-18-21-31(32(34)22-29)28-14-12-25(13-15-28)26-16-19-30(20-17-26)35-33(36)23(2)3/h18,21-22,24-28,30,33,35-36H,2,4-17,19-20H2,1,3H3. The minimum absolute atomic E-state index is 0.0590. The van der Waals surface area contributed by atoms with E-state index in [2.05, 4.69) is 31.0 Å². The van der Waals surface area contributed by atoms with E-state index >= 15 is 4.39 Å². The van der Waals surface area contributed by atoms with Crippen LogP contribution >= 0.6 is 0 Å². The van der Waals surface area contributed by atoms with Crippen molar-refractivity contribution in [3.63, 3.8) is 0 Å². The summed E-state index contributed by atoms with van der Waals surface area (Å²) in [6.07, 6.45) is 19.6. The number of nitrogens with one attached hydrogen (secondary N) is 1. The molecule has 3 saturated carbocycles. The predicted molar refractivity (Wildman–Crippen MR) is 150 cm³/mol. The second kappa shape index (κ2) is 13.6. The highest BCUT2D eigenvalue weighted by molar-refractivity contribution is 5.30. The molecule has 2 nitrogen and oxygen atoms in total. The van der Waals surface area contributed by atoms with Crippen molar-refractivity contribution < 1.29 is 9.50 Å². The molecule has 0 heterocycles. The highest BCUT2D eigenvalue weighted by Crippen LogP contribution is 2.44. The lowest BCUT2D eigenvalue weighted by molar-refractivity contribution is 0.119. The van der Waals surface area contributed by atoms with Crippen LogP contribution in [0.1, 0.15) is 140 Å². The van der Waals surface area contributed by atoms with Crippen LogP contribution in [0.2, 0.25) is 0 Å². The summed E-state index contributed by atoms with van der Waals surface area (Å²) in [5.74, 6) is 3.52. The van der Waals surface area contributed by atoms with Gasteiger partial charge in [-0.15, -0.1) is 0 Å². The molecule has 3 heteroatoms. The molecule has 1 atom stereocenters. The van der Waals surface area contributed by atoms with Gasteiger partial charge in [-0.25, -0.2) is 4.39 Å². The van der Waals surface area contributed by atoms with Crippen molar-refractivity contribution >= 4 is 0 Å². The van der Waals surface area contributed by atoms with Gasteiger partial charge in [0.05, 0.1) is 0 Å². The number of benzene rings is 1. The third kappa shape index (κ3) is 7.44. The fourth-order valence-electron chi connectivity index (χ4n) is 7.62. The summed E-state index contributed by atoms with van der Waals surface area (Å²) in [5, 5.41) is 13.4. The minimum atomic E-state index is -0.575. The van der Waals surface area contributed by atoms with Gasteiger partial charge in [0.25, 0.3) is 0 Å². The Hall–Kier alpha value is -1.19. The molecule has 1 aromatic rings. The second-order valence-corrected chi connectivity index (χ2v) is 12.6. The maximum Gasteiger partial charge on any atom is 0.126 e. The number of halogens is 1. The lowest BCUT2D eigenvalue weighted by Gasteiger charge is -2.38. The highest BCUT2D eigenvalue weighted by Gasteiger charge is 2.32. The summed E-state index contributed by atoms with van der Waals surface area (Å²) in [5.41, 5.74) is 3.02. The van der Waals surface area contributed by atoms with E-state index in [0.29, 0.717) is 17.9 Å². The molecule has 3 aliphatic rings. The number of aliphatic hydroxyl groups is 1. The Morgan fingerprint density at radius 2 is 1.53 bits per heavy atom. The van der Waals surface area contributed by atoms with Gasteiger partial charge in [0.15, 0.2) is 0 Å². The van der Waals surface area contributed by atoms with Gasteiger partial charge in [0.2, 0.25) is 0 Å². The van der Waals surface area contributed by atoms with Gasteiger partial charge >= 0.3 is 0 Å². The first-order valence-corrected chi connectivity index (χ1v) is 15.3. The Kier molecular flexibility index (Phi) is 10.5. The van der Waals surface area contributed by atoms with Crippen LogP contribution in [0, 0.1) is 23.6 Å². The number of hydrogen-bond acceptors (Lipinski definition) is 2. The van der Waals surface area contributed by atoms with Crippen LogP contribution in [0.4, 0.5) is 4.39 Å². The molecule has 0 aromatic heterocycles. The van der Waals surface area contributed by atoms with Crippen LogP contribution in [-0.2, 0) is 0 Å². The molecule has 1 unspecified atom stereocenters. The van der Waals surface area contributed by atoms with E-state index in [1.807, 2.05) is 13.0 Å². The minimum Gasteiger partial charge on any atom is -0.375 e.